The molecule has 3 heterocycles. The molecule has 1 fully saturated rings. The van der Waals surface area contributed by atoms with E-state index >= 15 is 0 Å². The summed E-state index contributed by atoms with van der Waals surface area (Å²) in [7, 11) is 0. The van der Waals surface area contributed by atoms with Crippen LogP contribution in [0.25, 0.3) is 11.0 Å². The fraction of sp³-hybridized carbons (Fsp3) is 0.500. The number of aromatic amines is 1. The molecule has 0 spiro atoms. The van der Waals surface area contributed by atoms with Crippen molar-refractivity contribution in [2.45, 2.75) is 25.8 Å². The quantitative estimate of drug-likeness (QED) is 0.645. The van der Waals surface area contributed by atoms with Crippen LogP contribution in [0.15, 0.2) is 6.07 Å². The second-order valence-corrected chi connectivity index (χ2v) is 5.45. The van der Waals surface area contributed by atoms with Crippen LogP contribution in [0.2, 0.25) is 5.15 Å². The van der Waals surface area contributed by atoms with Gasteiger partial charge in [-0.3, -0.25) is 4.79 Å². The van der Waals surface area contributed by atoms with Gasteiger partial charge in [-0.25, -0.2) is 9.97 Å². The maximum Gasteiger partial charge on any atom is 0.313 e. The molecule has 22 heavy (non-hydrogen) atoms. The Balaban J connectivity index is 1.87. The maximum atomic E-state index is 11.6. The van der Waals surface area contributed by atoms with Crippen LogP contribution in [-0.4, -0.2) is 46.8 Å². The number of nitrogens with zero attached hydrogens (tertiary/aromatic N) is 2. The Morgan fingerprint density at radius 2 is 2.45 bits per heavy atom. The molecular weight excluding hydrogens is 308 g/mol. The van der Waals surface area contributed by atoms with E-state index in [1.807, 2.05) is 0 Å². The highest BCUT2D eigenvalue weighted by Crippen LogP contribution is 2.25. The van der Waals surface area contributed by atoms with Crippen molar-refractivity contribution in [1.82, 2.24) is 15.0 Å². The lowest BCUT2D eigenvalue weighted by Crippen LogP contribution is -2.20. The average Bonchev–Trinajstić information content (AvgIpc) is 3.08. The van der Waals surface area contributed by atoms with Crippen LogP contribution in [0.1, 0.15) is 19.2 Å². The van der Waals surface area contributed by atoms with Crippen LogP contribution in [0.4, 0.5) is 5.82 Å². The van der Waals surface area contributed by atoms with Crippen LogP contribution in [-0.2, 0) is 20.7 Å². The Labute approximate surface area is 132 Å². The normalized spacial score (nSPS) is 17.8. The first-order valence-electron chi connectivity index (χ1n) is 7.20. The average molecular weight is 325 g/mol. The number of fused-ring (bicyclic) bond motifs is 1. The summed E-state index contributed by atoms with van der Waals surface area (Å²) in [5.74, 6) is 0.812. The molecule has 1 aliphatic rings. The van der Waals surface area contributed by atoms with Gasteiger partial charge in [-0.05, 0) is 13.3 Å². The van der Waals surface area contributed by atoms with Gasteiger partial charge < -0.3 is 19.8 Å². The van der Waals surface area contributed by atoms with Crippen molar-refractivity contribution in [3.05, 3.63) is 17.0 Å². The standard InChI is InChI=1S/C14H17ClN4O3/c1-2-22-12(20)6-11-17-9-5-10(15)18-14(13(9)19-11)16-8-3-4-21-7-8/h5,8H,2-4,6-7H2,1H3,(H,16,18)(H,17,19)/t8-/m0/s1. The predicted octanol–water partition coefficient (Wildman–Crippen LogP) is 1.92. The van der Waals surface area contributed by atoms with Crippen LogP contribution >= 0.6 is 11.6 Å². The summed E-state index contributed by atoms with van der Waals surface area (Å²) in [5, 5.41) is 3.66. The summed E-state index contributed by atoms with van der Waals surface area (Å²) >= 11 is 6.05. The number of ether oxygens (including phenoxy) is 2. The van der Waals surface area contributed by atoms with Gasteiger partial charge >= 0.3 is 5.97 Å². The van der Waals surface area contributed by atoms with Crippen molar-refractivity contribution < 1.29 is 14.3 Å². The Morgan fingerprint density at radius 3 is 3.18 bits per heavy atom. The number of carbonyl (C=O) groups excluding carboxylic acids is 1. The molecule has 2 aromatic rings. The zero-order chi connectivity index (χ0) is 15.5. The minimum Gasteiger partial charge on any atom is -0.466 e. The summed E-state index contributed by atoms with van der Waals surface area (Å²) in [6, 6.07) is 1.88. The lowest BCUT2D eigenvalue weighted by Gasteiger charge is -2.11. The van der Waals surface area contributed by atoms with Crippen LogP contribution in [0.5, 0.6) is 0 Å². The van der Waals surface area contributed by atoms with E-state index in [1.165, 1.54) is 0 Å². The number of aromatic nitrogens is 3. The molecule has 3 rings (SSSR count). The lowest BCUT2D eigenvalue weighted by molar-refractivity contribution is -0.142. The summed E-state index contributed by atoms with van der Waals surface area (Å²) < 4.78 is 10.3. The van der Waals surface area contributed by atoms with Crippen molar-refractivity contribution in [1.29, 1.82) is 0 Å². The van der Waals surface area contributed by atoms with E-state index in [-0.39, 0.29) is 18.4 Å². The Bertz CT molecular complexity index is 682. The van der Waals surface area contributed by atoms with Crippen LogP contribution in [0, 0.1) is 0 Å². The number of halogens is 1. The molecule has 118 valence electrons. The highest BCUT2D eigenvalue weighted by atomic mass is 35.5. The molecule has 1 atom stereocenters. The second kappa shape index (κ2) is 6.50. The molecule has 1 aliphatic heterocycles. The minimum atomic E-state index is -0.320. The summed E-state index contributed by atoms with van der Waals surface area (Å²) in [6.07, 6.45) is 1.00. The molecule has 0 aliphatic carbocycles. The second-order valence-electron chi connectivity index (χ2n) is 5.06. The first-order chi connectivity index (χ1) is 10.7. The van der Waals surface area contributed by atoms with Gasteiger partial charge in [-0.15, -0.1) is 0 Å². The van der Waals surface area contributed by atoms with Gasteiger partial charge in [0, 0.05) is 12.7 Å². The Morgan fingerprint density at radius 1 is 1.59 bits per heavy atom. The summed E-state index contributed by atoms with van der Waals surface area (Å²) in [4.78, 5) is 23.4. The van der Waals surface area contributed by atoms with E-state index in [9.17, 15) is 4.79 Å². The third-order valence-electron chi connectivity index (χ3n) is 3.37. The van der Waals surface area contributed by atoms with E-state index in [0.717, 1.165) is 18.5 Å². The van der Waals surface area contributed by atoms with Crippen molar-refractivity contribution in [2.24, 2.45) is 0 Å². The molecule has 0 saturated carbocycles. The molecule has 7 nitrogen and oxygen atoms in total. The smallest absolute Gasteiger partial charge is 0.313 e. The van der Waals surface area contributed by atoms with Crippen LogP contribution < -0.4 is 5.32 Å². The highest BCUT2D eigenvalue weighted by Gasteiger charge is 2.19. The number of esters is 1. The molecule has 0 aromatic carbocycles. The Kier molecular flexibility index (Phi) is 4.44. The molecule has 0 bridgehead atoms. The first kappa shape index (κ1) is 15.1. The molecule has 2 aromatic heterocycles. The van der Waals surface area contributed by atoms with E-state index < -0.39 is 0 Å². The van der Waals surface area contributed by atoms with Crippen molar-refractivity contribution in [3.8, 4) is 0 Å². The van der Waals surface area contributed by atoms with E-state index in [4.69, 9.17) is 21.1 Å². The molecular formula is C14H17ClN4O3. The van der Waals surface area contributed by atoms with Gasteiger partial charge in [0.1, 0.15) is 22.9 Å². The van der Waals surface area contributed by atoms with Gasteiger partial charge in [0.15, 0.2) is 5.82 Å². The predicted molar refractivity (Wildman–Crippen MR) is 82.1 cm³/mol. The van der Waals surface area contributed by atoms with E-state index in [0.29, 0.717) is 35.5 Å². The molecule has 0 unspecified atom stereocenters. The molecule has 8 heteroatoms. The van der Waals surface area contributed by atoms with Crippen molar-refractivity contribution >= 4 is 34.4 Å². The summed E-state index contributed by atoms with van der Waals surface area (Å²) in [6.45, 7) is 3.48. The van der Waals surface area contributed by atoms with Gasteiger partial charge in [0.05, 0.1) is 24.8 Å². The number of nitrogens with one attached hydrogen (secondary N) is 2. The molecule has 0 amide bonds. The number of hydrogen-bond donors (Lipinski definition) is 2. The van der Waals surface area contributed by atoms with E-state index in [2.05, 4.69) is 20.3 Å². The number of H-pyrrole nitrogens is 1. The van der Waals surface area contributed by atoms with Gasteiger partial charge in [-0.2, -0.15) is 0 Å². The topological polar surface area (TPSA) is 89.1 Å². The third-order valence-corrected chi connectivity index (χ3v) is 3.57. The fourth-order valence-electron chi connectivity index (χ4n) is 2.41. The number of anilines is 1. The van der Waals surface area contributed by atoms with Gasteiger partial charge in [-0.1, -0.05) is 11.6 Å². The number of imidazole rings is 1. The zero-order valence-electron chi connectivity index (χ0n) is 12.2. The first-order valence-corrected chi connectivity index (χ1v) is 7.58. The maximum absolute atomic E-state index is 11.6. The highest BCUT2D eigenvalue weighted by molar-refractivity contribution is 6.30. The van der Waals surface area contributed by atoms with Gasteiger partial charge in [0.2, 0.25) is 0 Å². The largest absolute Gasteiger partial charge is 0.466 e. The third kappa shape index (κ3) is 3.31. The zero-order valence-corrected chi connectivity index (χ0v) is 12.9. The number of pyridine rings is 1. The van der Waals surface area contributed by atoms with Crippen LogP contribution in [0.3, 0.4) is 0 Å². The SMILES string of the molecule is CCOC(=O)Cc1nc2c(N[C@H]3CCOC3)nc(Cl)cc2[nH]1. The molecule has 2 N–H and O–H groups in total. The van der Waals surface area contributed by atoms with Gasteiger partial charge in [0.25, 0.3) is 0 Å². The lowest BCUT2D eigenvalue weighted by atomic mass is 10.2. The minimum absolute atomic E-state index is 0.0894. The Hall–Kier alpha value is -1.86. The number of rotatable bonds is 5. The fourth-order valence-corrected chi connectivity index (χ4v) is 2.60. The van der Waals surface area contributed by atoms with Crippen molar-refractivity contribution in [2.75, 3.05) is 25.1 Å². The number of hydrogen-bond acceptors (Lipinski definition) is 6. The van der Waals surface area contributed by atoms with Crippen molar-refractivity contribution in [3.63, 3.8) is 0 Å². The van der Waals surface area contributed by atoms with E-state index in [1.54, 1.807) is 13.0 Å². The number of carbonyl (C=O) groups is 1. The summed E-state index contributed by atoms with van der Waals surface area (Å²) in [5.41, 5.74) is 1.40. The molecule has 0 radical (unpaired) electrons. The monoisotopic (exact) mass is 324 g/mol. The molecule has 1 saturated heterocycles.